The van der Waals surface area contributed by atoms with Crippen LogP contribution in [0.4, 0.5) is 0 Å². The Morgan fingerprint density at radius 1 is 1.32 bits per heavy atom. The van der Waals surface area contributed by atoms with E-state index in [1.807, 2.05) is 6.92 Å². The average molecular weight is 331 g/mol. The van der Waals surface area contributed by atoms with Gasteiger partial charge in [0.1, 0.15) is 9.84 Å². The largest absolute Gasteiger partial charge is 0.355 e. The highest BCUT2D eigenvalue weighted by Crippen LogP contribution is 2.14. The summed E-state index contributed by atoms with van der Waals surface area (Å²) in [6, 6.07) is 0.611. The molecule has 0 amide bonds. The second-order valence-corrected chi connectivity index (χ2v) is 8.67. The smallest absolute Gasteiger partial charge is 0.191 e. The van der Waals surface area contributed by atoms with Crippen LogP contribution < -0.4 is 10.6 Å². The van der Waals surface area contributed by atoms with Crippen LogP contribution in [0.15, 0.2) is 4.99 Å². The monoisotopic (exact) mass is 331 g/mol. The van der Waals surface area contributed by atoms with Gasteiger partial charge in [0.25, 0.3) is 0 Å². The summed E-state index contributed by atoms with van der Waals surface area (Å²) >= 11 is 0. The van der Waals surface area contributed by atoms with Gasteiger partial charge in [0.15, 0.2) is 5.96 Å². The van der Waals surface area contributed by atoms with Crippen molar-refractivity contribution in [3.63, 3.8) is 0 Å². The lowest BCUT2D eigenvalue weighted by molar-refractivity contribution is 0.0154. The van der Waals surface area contributed by atoms with Crippen LogP contribution in [0.1, 0.15) is 13.3 Å². The number of hydrogen-bond acceptors (Lipinski definition) is 5. The molecule has 2 N–H and O–H groups in total. The summed E-state index contributed by atoms with van der Waals surface area (Å²) in [5, 5.41) is 6.64. The summed E-state index contributed by atoms with van der Waals surface area (Å²) in [5.74, 6) is 0.947. The molecule has 22 heavy (non-hydrogen) atoms. The topological polar surface area (TPSA) is 77.0 Å². The average Bonchev–Trinajstić information content (AvgIpc) is 2.50. The molecule has 0 aromatic rings. The zero-order valence-corrected chi connectivity index (χ0v) is 14.7. The number of nitrogens with zero attached hydrogens (tertiary/aromatic N) is 3. The molecule has 3 aliphatic heterocycles. The van der Waals surface area contributed by atoms with E-state index in [-0.39, 0.29) is 11.8 Å². The summed E-state index contributed by atoms with van der Waals surface area (Å²) < 4.78 is 22.4. The summed E-state index contributed by atoms with van der Waals surface area (Å²) in [5.41, 5.74) is 0. The minimum Gasteiger partial charge on any atom is -0.355 e. The fourth-order valence-corrected chi connectivity index (χ4v) is 3.81. The van der Waals surface area contributed by atoms with Crippen molar-refractivity contribution < 1.29 is 8.42 Å². The van der Waals surface area contributed by atoms with Crippen LogP contribution in [0.2, 0.25) is 0 Å². The van der Waals surface area contributed by atoms with E-state index in [0.717, 1.165) is 32.1 Å². The van der Waals surface area contributed by atoms with Gasteiger partial charge in [-0.15, -0.1) is 0 Å². The van der Waals surface area contributed by atoms with Crippen LogP contribution in [-0.4, -0.2) is 94.6 Å². The van der Waals surface area contributed by atoms with E-state index in [4.69, 9.17) is 0 Å². The van der Waals surface area contributed by atoms with E-state index in [0.29, 0.717) is 12.5 Å². The lowest BCUT2D eigenvalue weighted by atomic mass is 10.1. The van der Waals surface area contributed by atoms with Gasteiger partial charge in [0.2, 0.25) is 0 Å². The molecule has 7 nitrogen and oxygen atoms in total. The number of sulfone groups is 1. The van der Waals surface area contributed by atoms with Gasteiger partial charge < -0.3 is 10.6 Å². The van der Waals surface area contributed by atoms with Gasteiger partial charge in [-0.3, -0.25) is 14.8 Å². The Labute approximate surface area is 134 Å². The predicted octanol–water partition coefficient (Wildman–Crippen LogP) is -1.03. The normalized spacial score (nSPS) is 30.1. The molecule has 2 unspecified atom stereocenters. The second-order valence-electron chi connectivity index (χ2n) is 6.41. The number of hydrogen-bond donors (Lipinski definition) is 2. The third kappa shape index (κ3) is 5.40. The first-order valence-corrected chi connectivity index (χ1v) is 10.0. The van der Waals surface area contributed by atoms with Crippen LogP contribution >= 0.6 is 0 Å². The molecule has 2 bridgehead atoms. The molecule has 3 saturated heterocycles. The standard InChI is InChI=1S/C14H29N5O2S/c1-12(4-9-22(3,20)21)17-14(15-2)16-10-13-11-18-5-7-19(13)8-6-18/h12-13H,4-11H2,1-3H3,(H2,15,16,17). The Hall–Kier alpha value is -0.860. The maximum absolute atomic E-state index is 11.2. The van der Waals surface area contributed by atoms with E-state index < -0.39 is 9.84 Å². The Morgan fingerprint density at radius 3 is 2.50 bits per heavy atom. The number of aliphatic imine (C=N–C) groups is 1. The number of guanidine groups is 1. The quantitative estimate of drug-likeness (QED) is 0.479. The van der Waals surface area contributed by atoms with Gasteiger partial charge in [-0.1, -0.05) is 0 Å². The highest BCUT2D eigenvalue weighted by Gasteiger charge is 2.31. The summed E-state index contributed by atoms with van der Waals surface area (Å²) in [4.78, 5) is 9.28. The third-order valence-corrected chi connectivity index (χ3v) is 5.40. The molecule has 0 aliphatic carbocycles. The maximum Gasteiger partial charge on any atom is 0.191 e. The molecular formula is C14H29N5O2S. The summed E-state index contributed by atoms with van der Waals surface area (Å²) in [6.07, 6.45) is 1.86. The number of fused-ring (bicyclic) bond motifs is 3. The van der Waals surface area contributed by atoms with Crippen molar-refractivity contribution in [1.29, 1.82) is 0 Å². The van der Waals surface area contributed by atoms with E-state index in [9.17, 15) is 8.42 Å². The first-order chi connectivity index (χ1) is 10.4. The first kappa shape index (κ1) is 17.5. The maximum atomic E-state index is 11.2. The lowest BCUT2D eigenvalue weighted by Gasteiger charge is -2.47. The van der Waals surface area contributed by atoms with Gasteiger partial charge in [0, 0.05) is 64.7 Å². The van der Waals surface area contributed by atoms with Crippen molar-refractivity contribution in [3.8, 4) is 0 Å². The van der Waals surface area contributed by atoms with Gasteiger partial charge in [-0.05, 0) is 13.3 Å². The van der Waals surface area contributed by atoms with Crippen LogP contribution in [0, 0.1) is 0 Å². The molecule has 0 spiro atoms. The van der Waals surface area contributed by atoms with E-state index in [1.165, 1.54) is 19.3 Å². The number of rotatable bonds is 6. The van der Waals surface area contributed by atoms with Gasteiger partial charge in [-0.2, -0.15) is 0 Å². The van der Waals surface area contributed by atoms with E-state index in [2.05, 4.69) is 25.4 Å². The molecule has 8 heteroatoms. The second kappa shape index (κ2) is 7.61. The predicted molar refractivity (Wildman–Crippen MR) is 90.1 cm³/mol. The number of piperazine rings is 3. The minimum absolute atomic E-state index is 0.0767. The minimum atomic E-state index is -2.91. The fourth-order valence-electron chi connectivity index (χ4n) is 3.02. The van der Waals surface area contributed by atoms with Crippen LogP contribution in [0.25, 0.3) is 0 Å². The van der Waals surface area contributed by atoms with Crippen molar-refractivity contribution >= 4 is 15.8 Å². The van der Waals surface area contributed by atoms with Crippen LogP contribution in [0.3, 0.4) is 0 Å². The Kier molecular flexibility index (Phi) is 6.05. The highest BCUT2D eigenvalue weighted by atomic mass is 32.2. The molecule has 0 aromatic carbocycles. The molecule has 0 saturated carbocycles. The molecule has 3 fully saturated rings. The molecule has 3 rings (SSSR count). The highest BCUT2D eigenvalue weighted by molar-refractivity contribution is 7.90. The van der Waals surface area contributed by atoms with Gasteiger partial charge >= 0.3 is 0 Å². The van der Waals surface area contributed by atoms with Crippen molar-refractivity contribution in [3.05, 3.63) is 0 Å². The van der Waals surface area contributed by atoms with Crippen molar-refractivity contribution in [2.45, 2.75) is 25.4 Å². The zero-order chi connectivity index (χ0) is 16.2. The van der Waals surface area contributed by atoms with Gasteiger partial charge in [0.05, 0.1) is 5.75 Å². The van der Waals surface area contributed by atoms with Crippen LogP contribution in [0.5, 0.6) is 0 Å². The fraction of sp³-hybridized carbons (Fsp3) is 0.929. The van der Waals surface area contributed by atoms with Crippen molar-refractivity contribution in [2.24, 2.45) is 4.99 Å². The molecular weight excluding hydrogens is 302 g/mol. The third-order valence-electron chi connectivity index (χ3n) is 4.43. The molecule has 3 aliphatic rings. The molecule has 2 atom stereocenters. The zero-order valence-electron chi connectivity index (χ0n) is 13.9. The summed E-state index contributed by atoms with van der Waals surface area (Å²) in [7, 11) is -1.16. The Morgan fingerprint density at radius 2 is 2.00 bits per heavy atom. The van der Waals surface area contributed by atoms with Crippen LogP contribution in [-0.2, 0) is 9.84 Å². The number of nitrogens with one attached hydrogen (secondary N) is 2. The van der Waals surface area contributed by atoms with E-state index >= 15 is 0 Å². The molecule has 128 valence electrons. The molecule has 0 radical (unpaired) electrons. The SMILES string of the molecule is CN=C(NCC1CN2CCN1CC2)NC(C)CCS(C)(=O)=O. The molecule has 0 aromatic heterocycles. The summed E-state index contributed by atoms with van der Waals surface area (Å²) in [6.45, 7) is 8.66. The molecule has 3 heterocycles. The Balaban J connectivity index is 1.73. The lowest BCUT2D eigenvalue weighted by Crippen LogP contribution is -2.64. The van der Waals surface area contributed by atoms with Crippen molar-refractivity contribution in [1.82, 2.24) is 20.4 Å². The first-order valence-electron chi connectivity index (χ1n) is 7.98. The van der Waals surface area contributed by atoms with Crippen molar-refractivity contribution in [2.75, 3.05) is 58.3 Å². The van der Waals surface area contributed by atoms with Gasteiger partial charge in [-0.25, -0.2) is 8.42 Å². The van der Waals surface area contributed by atoms with E-state index in [1.54, 1.807) is 7.05 Å². The Bertz CT molecular complexity index is 485.